The summed E-state index contributed by atoms with van der Waals surface area (Å²) in [4.78, 5) is 19.4. The third kappa shape index (κ3) is 2.99. The van der Waals surface area contributed by atoms with Crippen LogP contribution in [0.3, 0.4) is 0 Å². The summed E-state index contributed by atoms with van der Waals surface area (Å²) >= 11 is 1.46. The monoisotopic (exact) mass is 287 g/mol. The van der Waals surface area contributed by atoms with E-state index in [2.05, 4.69) is 21.3 Å². The number of anilines is 1. The zero-order chi connectivity index (χ0) is 13.8. The lowest BCUT2D eigenvalue weighted by molar-refractivity contribution is 0.0955. The fraction of sp³-hybridized carbons (Fsp3) is 0.333. The number of aromatic nitrogens is 1. The molecule has 0 unspecified atom stereocenters. The molecule has 1 aliphatic rings. The Morgan fingerprint density at radius 3 is 2.95 bits per heavy atom. The second-order valence-electron chi connectivity index (χ2n) is 4.88. The topological polar surface area (TPSA) is 45.2 Å². The number of pyridine rings is 1. The Morgan fingerprint density at radius 2 is 2.20 bits per heavy atom. The summed E-state index contributed by atoms with van der Waals surface area (Å²) in [5.41, 5.74) is 1.09. The molecule has 5 heteroatoms. The largest absolute Gasteiger partial charge is 0.357 e. The van der Waals surface area contributed by atoms with E-state index in [0.29, 0.717) is 6.54 Å². The standard InChI is InChI=1S/C15H17N3OS/c19-15(13-4-3-9-20-13)17-11-12-5-6-16-14(10-12)18-7-1-2-8-18/h3-6,9-10H,1-2,7-8,11H2,(H,17,19). The summed E-state index contributed by atoms with van der Waals surface area (Å²) in [7, 11) is 0. The smallest absolute Gasteiger partial charge is 0.261 e. The SMILES string of the molecule is O=C(NCc1ccnc(N2CCCC2)c1)c1cccs1. The summed E-state index contributed by atoms with van der Waals surface area (Å²) in [5.74, 6) is 1.00. The van der Waals surface area contributed by atoms with Crippen molar-refractivity contribution in [1.29, 1.82) is 0 Å². The van der Waals surface area contributed by atoms with Crippen molar-refractivity contribution in [3.63, 3.8) is 0 Å². The van der Waals surface area contributed by atoms with Crippen molar-refractivity contribution < 1.29 is 4.79 Å². The lowest BCUT2D eigenvalue weighted by atomic mass is 10.2. The molecule has 104 valence electrons. The summed E-state index contributed by atoms with van der Waals surface area (Å²) in [5, 5.41) is 4.85. The van der Waals surface area contributed by atoms with Crippen LogP contribution in [0, 0.1) is 0 Å². The quantitative estimate of drug-likeness (QED) is 0.940. The molecule has 4 nitrogen and oxygen atoms in total. The zero-order valence-corrected chi connectivity index (χ0v) is 12.0. The Kier molecular flexibility index (Phi) is 3.97. The van der Waals surface area contributed by atoms with Crippen LogP contribution in [-0.4, -0.2) is 24.0 Å². The molecule has 2 aromatic rings. The number of nitrogens with one attached hydrogen (secondary N) is 1. The van der Waals surface area contributed by atoms with E-state index in [1.165, 1.54) is 24.2 Å². The molecule has 0 aromatic carbocycles. The first-order valence-electron chi connectivity index (χ1n) is 6.84. The van der Waals surface area contributed by atoms with Gasteiger partial charge in [-0.1, -0.05) is 6.07 Å². The van der Waals surface area contributed by atoms with Crippen molar-refractivity contribution in [2.75, 3.05) is 18.0 Å². The Bertz CT molecular complexity index is 577. The lowest BCUT2D eigenvalue weighted by Gasteiger charge is -2.16. The highest BCUT2D eigenvalue weighted by atomic mass is 32.1. The third-order valence-electron chi connectivity index (χ3n) is 3.44. The highest BCUT2D eigenvalue weighted by Crippen LogP contribution is 2.18. The molecule has 0 bridgehead atoms. The normalized spacial score (nSPS) is 14.5. The van der Waals surface area contributed by atoms with Crippen molar-refractivity contribution in [3.05, 3.63) is 46.3 Å². The molecule has 1 N–H and O–H groups in total. The Labute approximate surface area is 122 Å². The Hall–Kier alpha value is -1.88. The van der Waals surface area contributed by atoms with Crippen LogP contribution in [0.1, 0.15) is 28.1 Å². The van der Waals surface area contributed by atoms with Gasteiger partial charge < -0.3 is 10.2 Å². The van der Waals surface area contributed by atoms with E-state index >= 15 is 0 Å². The maximum absolute atomic E-state index is 11.9. The van der Waals surface area contributed by atoms with E-state index in [9.17, 15) is 4.79 Å². The fourth-order valence-electron chi connectivity index (χ4n) is 2.37. The van der Waals surface area contributed by atoms with Crippen LogP contribution in [0.2, 0.25) is 0 Å². The van der Waals surface area contributed by atoms with Gasteiger partial charge in [-0.25, -0.2) is 4.98 Å². The molecule has 1 fully saturated rings. The van der Waals surface area contributed by atoms with Gasteiger partial charge in [0.25, 0.3) is 5.91 Å². The first-order chi connectivity index (χ1) is 9.83. The van der Waals surface area contributed by atoms with Gasteiger partial charge in [0.2, 0.25) is 0 Å². The number of hydrogen-bond acceptors (Lipinski definition) is 4. The van der Waals surface area contributed by atoms with Crippen molar-refractivity contribution in [2.24, 2.45) is 0 Å². The first kappa shape index (κ1) is 13.1. The fourth-order valence-corrected chi connectivity index (χ4v) is 3.01. The van der Waals surface area contributed by atoms with Crippen molar-refractivity contribution >= 4 is 23.1 Å². The first-order valence-corrected chi connectivity index (χ1v) is 7.72. The molecule has 1 aliphatic heterocycles. The van der Waals surface area contributed by atoms with Gasteiger partial charge in [-0.05, 0) is 42.0 Å². The van der Waals surface area contributed by atoms with Gasteiger partial charge in [0.1, 0.15) is 5.82 Å². The maximum Gasteiger partial charge on any atom is 0.261 e. The molecule has 0 aliphatic carbocycles. The van der Waals surface area contributed by atoms with Crippen LogP contribution in [0.5, 0.6) is 0 Å². The molecule has 3 heterocycles. The van der Waals surface area contributed by atoms with Crippen LogP contribution >= 0.6 is 11.3 Å². The molecule has 20 heavy (non-hydrogen) atoms. The number of hydrogen-bond donors (Lipinski definition) is 1. The van der Waals surface area contributed by atoms with E-state index in [1.807, 2.05) is 29.8 Å². The number of thiophene rings is 1. The van der Waals surface area contributed by atoms with Crippen molar-refractivity contribution in [1.82, 2.24) is 10.3 Å². The summed E-state index contributed by atoms with van der Waals surface area (Å²) in [6.07, 6.45) is 4.29. The zero-order valence-electron chi connectivity index (χ0n) is 11.2. The summed E-state index contributed by atoms with van der Waals surface area (Å²) in [6.45, 7) is 2.70. The molecule has 1 saturated heterocycles. The molecule has 0 spiro atoms. The Morgan fingerprint density at radius 1 is 1.35 bits per heavy atom. The molecule has 0 saturated carbocycles. The van der Waals surface area contributed by atoms with Crippen molar-refractivity contribution in [3.8, 4) is 0 Å². The highest BCUT2D eigenvalue weighted by molar-refractivity contribution is 7.12. The molecule has 0 radical (unpaired) electrons. The molecule has 2 aromatic heterocycles. The van der Waals surface area contributed by atoms with E-state index in [1.54, 1.807) is 0 Å². The minimum atomic E-state index is -0.0143. The average Bonchev–Trinajstić information content (AvgIpc) is 3.17. The number of carbonyl (C=O) groups is 1. The average molecular weight is 287 g/mol. The summed E-state index contributed by atoms with van der Waals surface area (Å²) < 4.78 is 0. The van der Waals surface area contributed by atoms with Crippen LogP contribution in [0.4, 0.5) is 5.82 Å². The second kappa shape index (κ2) is 6.05. The van der Waals surface area contributed by atoms with Gasteiger partial charge in [0, 0.05) is 25.8 Å². The number of nitrogens with zero attached hydrogens (tertiary/aromatic N) is 2. The van der Waals surface area contributed by atoms with E-state index < -0.39 is 0 Å². The maximum atomic E-state index is 11.9. The lowest BCUT2D eigenvalue weighted by Crippen LogP contribution is -2.23. The predicted molar refractivity (Wildman–Crippen MR) is 81.2 cm³/mol. The van der Waals surface area contributed by atoms with Gasteiger partial charge in [0.15, 0.2) is 0 Å². The van der Waals surface area contributed by atoms with Crippen LogP contribution in [0.15, 0.2) is 35.8 Å². The van der Waals surface area contributed by atoms with E-state index in [4.69, 9.17) is 0 Å². The van der Waals surface area contributed by atoms with E-state index in [-0.39, 0.29) is 5.91 Å². The molecule has 1 amide bonds. The third-order valence-corrected chi connectivity index (χ3v) is 4.31. The van der Waals surface area contributed by atoms with E-state index in [0.717, 1.165) is 29.3 Å². The van der Waals surface area contributed by atoms with Gasteiger partial charge in [0.05, 0.1) is 4.88 Å². The van der Waals surface area contributed by atoms with Crippen molar-refractivity contribution in [2.45, 2.75) is 19.4 Å². The second-order valence-corrected chi connectivity index (χ2v) is 5.82. The molecular weight excluding hydrogens is 270 g/mol. The van der Waals surface area contributed by atoms with Crippen LogP contribution < -0.4 is 10.2 Å². The van der Waals surface area contributed by atoms with Gasteiger partial charge >= 0.3 is 0 Å². The van der Waals surface area contributed by atoms with Gasteiger partial charge in [-0.3, -0.25) is 4.79 Å². The van der Waals surface area contributed by atoms with Gasteiger partial charge in [-0.2, -0.15) is 0 Å². The van der Waals surface area contributed by atoms with Gasteiger partial charge in [-0.15, -0.1) is 11.3 Å². The number of amides is 1. The minimum Gasteiger partial charge on any atom is -0.357 e. The highest BCUT2D eigenvalue weighted by Gasteiger charge is 2.13. The summed E-state index contributed by atoms with van der Waals surface area (Å²) in [6, 6.07) is 7.74. The number of carbonyl (C=O) groups excluding carboxylic acids is 1. The molecule has 3 rings (SSSR count). The Balaban J connectivity index is 1.62. The molecule has 0 atom stereocenters. The number of rotatable bonds is 4. The molecular formula is C15H17N3OS. The van der Waals surface area contributed by atoms with Crippen LogP contribution in [-0.2, 0) is 6.54 Å². The predicted octanol–water partition coefficient (Wildman–Crippen LogP) is 2.67. The minimum absolute atomic E-state index is 0.0143. The van der Waals surface area contributed by atoms with Crippen LogP contribution in [0.25, 0.3) is 0 Å².